The molecule has 0 aliphatic carbocycles. The van der Waals surface area contributed by atoms with E-state index in [1.807, 2.05) is 6.92 Å². The molecule has 0 aliphatic heterocycles. The fourth-order valence-corrected chi connectivity index (χ4v) is 0.498. The van der Waals surface area contributed by atoms with E-state index in [1.165, 1.54) is 0 Å². The minimum absolute atomic E-state index is 0.0185. The molecule has 0 fully saturated rings. The van der Waals surface area contributed by atoms with Gasteiger partial charge in [0.25, 0.3) is 5.17 Å². The van der Waals surface area contributed by atoms with Crippen LogP contribution in [0.25, 0.3) is 0 Å². The highest BCUT2D eigenvalue weighted by molar-refractivity contribution is 7.80. The molecule has 0 aromatic rings. The molecule has 0 bridgehead atoms. The van der Waals surface area contributed by atoms with E-state index >= 15 is 0 Å². The van der Waals surface area contributed by atoms with Gasteiger partial charge in [-0.3, -0.25) is 0 Å². The highest BCUT2D eigenvalue weighted by Gasteiger charge is 1.97. The van der Waals surface area contributed by atoms with Crippen molar-refractivity contribution in [1.82, 2.24) is 5.32 Å². The van der Waals surface area contributed by atoms with E-state index in [4.69, 9.17) is 0 Å². The Kier molecular flexibility index (Phi) is 3.70. The van der Waals surface area contributed by atoms with Crippen LogP contribution in [0.2, 0.25) is 0 Å². The average Bonchev–Trinajstić information content (AvgIpc) is 1.63. The summed E-state index contributed by atoms with van der Waals surface area (Å²) in [6.07, 6.45) is -0.888. The molecule has 52 valence electrons. The first-order valence-corrected chi connectivity index (χ1v) is 2.82. The van der Waals surface area contributed by atoms with E-state index in [0.717, 1.165) is 0 Å². The Morgan fingerprint density at radius 3 is 2.78 bits per heavy atom. The van der Waals surface area contributed by atoms with Crippen LogP contribution in [0.15, 0.2) is 0 Å². The van der Waals surface area contributed by atoms with Gasteiger partial charge in [0.2, 0.25) is 0 Å². The molecule has 5 heteroatoms. The predicted molar refractivity (Wildman–Crippen MR) is 36.9 cm³/mol. The van der Waals surface area contributed by atoms with Crippen molar-refractivity contribution in [2.75, 3.05) is 6.54 Å². The fourth-order valence-electron chi connectivity index (χ4n) is 0.272. The zero-order valence-electron chi connectivity index (χ0n) is 5.01. The number of primary amides is 1. The smallest absolute Gasteiger partial charge is 0.383 e. The Balaban J connectivity index is 3.39. The molecule has 0 spiro atoms. The summed E-state index contributed by atoms with van der Waals surface area (Å²) in [5.74, 6) is 0. The third kappa shape index (κ3) is 5.02. The van der Waals surface area contributed by atoms with Gasteiger partial charge in [0.1, 0.15) is 0 Å². The zero-order valence-corrected chi connectivity index (χ0v) is 5.83. The highest BCUT2D eigenvalue weighted by atomic mass is 32.1. The number of ether oxygens (including phenoxy) is 1. The molecule has 1 amide bonds. The van der Waals surface area contributed by atoms with Crippen molar-refractivity contribution in [3.05, 3.63) is 0 Å². The van der Waals surface area contributed by atoms with E-state index < -0.39 is 6.09 Å². The van der Waals surface area contributed by atoms with Gasteiger partial charge in [-0.05, 0) is 19.1 Å². The molecule has 0 unspecified atom stereocenters. The second kappa shape index (κ2) is 4.08. The number of carbonyl (C=O) groups excluding carboxylic acids is 1. The van der Waals surface area contributed by atoms with Crippen molar-refractivity contribution in [3.63, 3.8) is 0 Å². The van der Waals surface area contributed by atoms with Gasteiger partial charge in [0, 0.05) is 6.54 Å². The first kappa shape index (κ1) is 8.16. The van der Waals surface area contributed by atoms with Crippen LogP contribution in [0.1, 0.15) is 6.92 Å². The number of nitrogens with two attached hydrogens (primary N) is 1. The largest absolute Gasteiger partial charge is 0.411 e. The number of hydrogen-bond acceptors (Lipinski definition) is 3. The Labute approximate surface area is 58.4 Å². The quantitative estimate of drug-likeness (QED) is 0.513. The molecule has 4 nitrogen and oxygen atoms in total. The molecule has 0 aromatic heterocycles. The molecule has 0 aliphatic rings. The van der Waals surface area contributed by atoms with Crippen LogP contribution in [-0.2, 0) is 4.74 Å². The lowest BCUT2D eigenvalue weighted by Crippen LogP contribution is -2.28. The Bertz CT molecular complexity index is 126. The Hall–Kier alpha value is -0.840. The number of amides is 1. The van der Waals surface area contributed by atoms with E-state index in [9.17, 15) is 4.79 Å². The maximum atomic E-state index is 9.96. The second-order valence-corrected chi connectivity index (χ2v) is 1.61. The van der Waals surface area contributed by atoms with Gasteiger partial charge in [-0.2, -0.15) is 0 Å². The van der Waals surface area contributed by atoms with Crippen molar-refractivity contribution >= 4 is 23.5 Å². The van der Waals surface area contributed by atoms with Crippen molar-refractivity contribution in [3.8, 4) is 0 Å². The molecular formula is C4H8N2O2S. The minimum atomic E-state index is -0.888. The first-order chi connectivity index (χ1) is 4.16. The molecule has 0 saturated heterocycles. The van der Waals surface area contributed by atoms with E-state index in [-0.39, 0.29) is 5.17 Å². The summed E-state index contributed by atoms with van der Waals surface area (Å²) in [7, 11) is 0. The van der Waals surface area contributed by atoms with E-state index in [1.54, 1.807) is 0 Å². The molecule has 9 heavy (non-hydrogen) atoms. The minimum Gasteiger partial charge on any atom is -0.383 e. The summed E-state index contributed by atoms with van der Waals surface area (Å²) in [5, 5.41) is 2.60. The number of nitrogens with one attached hydrogen (secondary N) is 1. The van der Waals surface area contributed by atoms with Gasteiger partial charge in [-0.25, -0.2) is 4.79 Å². The monoisotopic (exact) mass is 148 g/mol. The summed E-state index contributed by atoms with van der Waals surface area (Å²) in [4.78, 5) is 9.96. The molecular weight excluding hydrogens is 140 g/mol. The Morgan fingerprint density at radius 1 is 1.89 bits per heavy atom. The van der Waals surface area contributed by atoms with Gasteiger partial charge < -0.3 is 15.8 Å². The summed E-state index contributed by atoms with van der Waals surface area (Å²) in [6.45, 7) is 2.45. The van der Waals surface area contributed by atoms with Gasteiger partial charge in [0.05, 0.1) is 0 Å². The first-order valence-electron chi connectivity index (χ1n) is 2.42. The van der Waals surface area contributed by atoms with Crippen molar-refractivity contribution in [2.45, 2.75) is 6.92 Å². The summed E-state index contributed by atoms with van der Waals surface area (Å²) in [6, 6.07) is 0. The van der Waals surface area contributed by atoms with Gasteiger partial charge >= 0.3 is 6.09 Å². The number of thiocarbonyl (C=S) groups is 1. The zero-order chi connectivity index (χ0) is 7.28. The van der Waals surface area contributed by atoms with Crippen molar-refractivity contribution < 1.29 is 9.53 Å². The normalized spacial score (nSPS) is 8.11. The SMILES string of the molecule is CCNC(=S)OC(N)=O. The summed E-state index contributed by atoms with van der Waals surface area (Å²) in [5.41, 5.74) is 4.63. The molecule has 0 heterocycles. The maximum absolute atomic E-state index is 9.96. The number of rotatable bonds is 1. The molecule has 0 aromatic carbocycles. The summed E-state index contributed by atoms with van der Waals surface area (Å²) < 4.78 is 4.25. The number of carbonyl (C=O) groups is 1. The lowest BCUT2D eigenvalue weighted by molar-refractivity contribution is 0.207. The third-order valence-corrected chi connectivity index (χ3v) is 0.742. The van der Waals surface area contributed by atoms with Gasteiger partial charge in [0.15, 0.2) is 0 Å². The molecule has 0 radical (unpaired) electrons. The van der Waals surface area contributed by atoms with Crippen LogP contribution in [-0.4, -0.2) is 17.8 Å². The average molecular weight is 148 g/mol. The van der Waals surface area contributed by atoms with Crippen LogP contribution in [0, 0.1) is 0 Å². The third-order valence-electron chi connectivity index (χ3n) is 0.514. The lowest BCUT2D eigenvalue weighted by Gasteiger charge is -2.01. The van der Waals surface area contributed by atoms with Crippen LogP contribution in [0.5, 0.6) is 0 Å². The van der Waals surface area contributed by atoms with Crippen molar-refractivity contribution in [2.24, 2.45) is 5.73 Å². The number of hydrogen-bond donors (Lipinski definition) is 2. The highest BCUT2D eigenvalue weighted by Crippen LogP contribution is 1.75. The van der Waals surface area contributed by atoms with E-state index in [0.29, 0.717) is 6.54 Å². The Morgan fingerprint density at radius 2 is 2.44 bits per heavy atom. The van der Waals surface area contributed by atoms with Crippen LogP contribution < -0.4 is 11.1 Å². The molecule has 3 N–H and O–H groups in total. The van der Waals surface area contributed by atoms with Gasteiger partial charge in [-0.1, -0.05) is 0 Å². The van der Waals surface area contributed by atoms with Crippen LogP contribution in [0.4, 0.5) is 4.79 Å². The predicted octanol–water partition coefficient (Wildman–Crippen LogP) is -0.0239. The van der Waals surface area contributed by atoms with Crippen LogP contribution >= 0.6 is 12.2 Å². The molecule has 0 rings (SSSR count). The van der Waals surface area contributed by atoms with Crippen molar-refractivity contribution in [1.29, 1.82) is 0 Å². The maximum Gasteiger partial charge on any atom is 0.411 e. The second-order valence-electron chi connectivity index (χ2n) is 1.24. The standard InChI is InChI=1S/C4H8N2O2S/c1-2-6-4(9)8-3(5)7/h2H2,1H3,(H2,5,7)(H,6,9). The molecule has 0 atom stereocenters. The van der Waals surface area contributed by atoms with Gasteiger partial charge in [-0.15, -0.1) is 0 Å². The summed E-state index contributed by atoms with van der Waals surface area (Å²) >= 11 is 4.50. The van der Waals surface area contributed by atoms with E-state index in [2.05, 4.69) is 28.0 Å². The van der Waals surface area contributed by atoms with Crippen LogP contribution in [0.3, 0.4) is 0 Å². The topological polar surface area (TPSA) is 64.3 Å². The lowest BCUT2D eigenvalue weighted by atomic mass is 10.8. The molecule has 0 saturated carbocycles. The fraction of sp³-hybridized carbons (Fsp3) is 0.500.